The number of nitrogens with zero attached hydrogens (tertiary/aromatic N) is 2. The van der Waals surface area contributed by atoms with Crippen molar-refractivity contribution < 1.29 is 51.5 Å². The van der Waals surface area contributed by atoms with Gasteiger partial charge in [-0.25, -0.2) is 9.59 Å². The van der Waals surface area contributed by atoms with Crippen LogP contribution in [0.5, 0.6) is 5.75 Å². The fourth-order valence-electron chi connectivity index (χ4n) is 2.60. The highest BCUT2D eigenvalue weighted by Gasteiger charge is 2.32. The molecule has 2 aromatic rings. The molecule has 2 rings (SSSR count). The molecule has 11 nitrogen and oxygen atoms in total. The summed E-state index contributed by atoms with van der Waals surface area (Å²) in [5.74, 6) is -1.91. The molecule has 0 fully saturated rings. The Bertz CT molecular complexity index is 1160. The topological polar surface area (TPSA) is 136 Å². The number of oxime groups is 1. The quantitative estimate of drug-likeness (QED) is 0.121. The van der Waals surface area contributed by atoms with Crippen LogP contribution in [0.4, 0.5) is 13.2 Å². The normalized spacial score (nSPS) is 13.9. The van der Waals surface area contributed by atoms with Gasteiger partial charge in [0, 0.05) is 0 Å². The molecule has 0 heterocycles. The third kappa shape index (κ3) is 9.19. The predicted molar refractivity (Wildman–Crippen MR) is 125 cm³/mol. The molecule has 0 aliphatic heterocycles. The van der Waals surface area contributed by atoms with E-state index in [0.717, 1.165) is 13.2 Å². The Hall–Kier alpha value is -3.91. The summed E-state index contributed by atoms with van der Waals surface area (Å²) in [6.45, 7) is 2.43. The van der Waals surface area contributed by atoms with E-state index in [1.807, 2.05) is 0 Å². The van der Waals surface area contributed by atoms with Crippen molar-refractivity contribution >= 4 is 29.8 Å². The third-order valence-electron chi connectivity index (χ3n) is 4.61. The Labute approximate surface area is 219 Å². The van der Waals surface area contributed by atoms with E-state index in [4.69, 9.17) is 30.6 Å². The lowest BCUT2D eigenvalue weighted by molar-refractivity contribution is -0.621. The summed E-state index contributed by atoms with van der Waals surface area (Å²) >= 11 is 5.77. The lowest BCUT2D eigenvalue weighted by atomic mass is 10.1. The van der Waals surface area contributed by atoms with Crippen molar-refractivity contribution in [1.29, 1.82) is 0 Å². The van der Waals surface area contributed by atoms with Crippen molar-refractivity contribution in [1.82, 2.24) is 0 Å². The first-order valence-electron chi connectivity index (χ1n) is 10.7. The second-order valence-corrected chi connectivity index (χ2v) is 7.90. The number of methoxy groups -OCH3 is 1. The van der Waals surface area contributed by atoms with Gasteiger partial charge in [-0.1, -0.05) is 41.0 Å². The van der Waals surface area contributed by atoms with Crippen molar-refractivity contribution in [3.63, 3.8) is 0 Å². The molecule has 0 radical (unpaired) electrons. The van der Waals surface area contributed by atoms with Crippen LogP contribution < -0.4 is 4.74 Å². The van der Waals surface area contributed by atoms with Gasteiger partial charge in [0.1, 0.15) is 5.75 Å². The molecule has 206 valence electrons. The van der Waals surface area contributed by atoms with Gasteiger partial charge in [0.2, 0.25) is 6.10 Å². The van der Waals surface area contributed by atoms with Gasteiger partial charge in [-0.3, -0.25) is 14.9 Å². The maximum atomic E-state index is 12.8. The van der Waals surface area contributed by atoms with Crippen molar-refractivity contribution in [2.75, 3.05) is 7.11 Å². The third-order valence-corrected chi connectivity index (χ3v) is 4.91. The molecule has 0 bridgehead atoms. The largest absolute Gasteiger partial charge is 0.475 e. The molecule has 3 unspecified atom stereocenters. The SMILES string of the molecule is COC(=O)C(C)OC(=O)C(C)O/N=C/c1ccc(COC(Oc2ccc(C(F)(F)F)cc2Cl)[N+](=O)[O-])cc1. The Balaban J connectivity index is 1.90. The number of alkyl halides is 3. The maximum absolute atomic E-state index is 12.8. The lowest BCUT2D eigenvalue weighted by Gasteiger charge is -2.14. The van der Waals surface area contributed by atoms with Crippen molar-refractivity contribution in [3.8, 4) is 5.75 Å². The van der Waals surface area contributed by atoms with E-state index in [1.165, 1.54) is 20.1 Å². The smallest absolute Gasteiger partial charge is 0.466 e. The molecular weight excluding hydrogens is 541 g/mol. The highest BCUT2D eigenvalue weighted by molar-refractivity contribution is 6.32. The van der Waals surface area contributed by atoms with Crippen LogP contribution in [0.2, 0.25) is 5.02 Å². The number of halogens is 4. The van der Waals surface area contributed by atoms with Gasteiger partial charge in [0.05, 0.1) is 35.4 Å². The summed E-state index contributed by atoms with van der Waals surface area (Å²) in [6, 6.07) is 8.38. The number of hydrogen-bond acceptors (Lipinski definition) is 10. The molecule has 0 amide bonds. The average molecular weight is 563 g/mol. The number of carbonyl (C=O) groups is 2. The Morgan fingerprint density at radius 1 is 1.11 bits per heavy atom. The lowest BCUT2D eigenvalue weighted by Crippen LogP contribution is -2.30. The van der Waals surface area contributed by atoms with E-state index < -0.39 is 52.2 Å². The van der Waals surface area contributed by atoms with E-state index in [1.54, 1.807) is 24.3 Å². The molecule has 0 N–H and O–H groups in total. The van der Waals surface area contributed by atoms with Crippen LogP contribution in [0.25, 0.3) is 0 Å². The minimum absolute atomic E-state index is 0.279. The fraction of sp³-hybridized carbons (Fsp3) is 0.348. The van der Waals surface area contributed by atoms with Crippen LogP contribution in [0.1, 0.15) is 30.5 Å². The zero-order valence-corrected chi connectivity index (χ0v) is 20.9. The number of benzene rings is 2. The van der Waals surface area contributed by atoms with E-state index >= 15 is 0 Å². The van der Waals surface area contributed by atoms with Crippen molar-refractivity contribution in [2.45, 2.75) is 45.3 Å². The number of ether oxygens (including phenoxy) is 4. The van der Waals surface area contributed by atoms with Crippen LogP contribution in [0, 0.1) is 10.1 Å². The van der Waals surface area contributed by atoms with E-state index in [-0.39, 0.29) is 12.4 Å². The highest BCUT2D eigenvalue weighted by atomic mass is 35.5. The number of nitro groups is 1. The first kappa shape index (κ1) is 30.3. The summed E-state index contributed by atoms with van der Waals surface area (Å²) in [5.41, 5.74) is -0.00774. The molecule has 2 aromatic carbocycles. The van der Waals surface area contributed by atoms with Gasteiger partial charge in [-0.15, -0.1) is 0 Å². The molecule has 15 heteroatoms. The number of esters is 2. The Morgan fingerprint density at radius 3 is 2.32 bits per heavy atom. The molecule has 0 saturated carbocycles. The summed E-state index contributed by atoms with van der Waals surface area (Å²) in [6.07, 6.45) is -7.61. The van der Waals surface area contributed by atoms with Crippen molar-refractivity contribution in [3.05, 3.63) is 74.3 Å². The molecule has 38 heavy (non-hydrogen) atoms. The van der Waals surface area contributed by atoms with Gasteiger partial charge in [0.25, 0.3) is 0 Å². The second kappa shape index (κ2) is 13.6. The summed E-state index contributed by atoms with van der Waals surface area (Å²) < 4.78 is 57.8. The minimum atomic E-state index is -4.64. The van der Waals surface area contributed by atoms with Crippen LogP contribution >= 0.6 is 11.6 Å². The van der Waals surface area contributed by atoms with Crippen LogP contribution in [-0.4, -0.2) is 48.8 Å². The number of carbonyl (C=O) groups excluding carboxylic acids is 2. The van der Waals surface area contributed by atoms with Crippen LogP contribution in [0.15, 0.2) is 47.6 Å². The summed E-state index contributed by atoms with van der Waals surface area (Å²) in [5, 5.41) is 14.5. The molecule has 0 saturated heterocycles. The summed E-state index contributed by atoms with van der Waals surface area (Å²) in [4.78, 5) is 38.5. The van der Waals surface area contributed by atoms with Gasteiger partial charge < -0.3 is 19.0 Å². The number of rotatable bonds is 12. The Morgan fingerprint density at radius 2 is 1.76 bits per heavy atom. The van der Waals surface area contributed by atoms with Crippen LogP contribution in [-0.2, 0) is 41.4 Å². The Kier molecular flexibility index (Phi) is 10.8. The molecule has 0 aromatic heterocycles. The van der Waals surface area contributed by atoms with E-state index in [0.29, 0.717) is 23.3 Å². The van der Waals surface area contributed by atoms with Crippen LogP contribution in [0.3, 0.4) is 0 Å². The van der Waals surface area contributed by atoms with E-state index in [2.05, 4.69) is 9.89 Å². The van der Waals surface area contributed by atoms with E-state index in [9.17, 15) is 32.9 Å². The molecule has 0 aliphatic rings. The summed E-state index contributed by atoms with van der Waals surface area (Å²) in [7, 11) is 1.15. The minimum Gasteiger partial charge on any atom is -0.466 e. The second-order valence-electron chi connectivity index (χ2n) is 7.49. The molecular formula is C23H22ClF3N2O9. The molecule has 3 atom stereocenters. The highest BCUT2D eigenvalue weighted by Crippen LogP contribution is 2.35. The molecule has 0 aliphatic carbocycles. The zero-order chi connectivity index (χ0) is 28.5. The maximum Gasteiger partial charge on any atom is 0.475 e. The van der Waals surface area contributed by atoms with Gasteiger partial charge in [0.15, 0.2) is 6.10 Å². The van der Waals surface area contributed by atoms with Gasteiger partial charge in [-0.2, -0.15) is 13.2 Å². The first-order valence-corrected chi connectivity index (χ1v) is 11.0. The first-order chi connectivity index (χ1) is 17.8. The van der Waals surface area contributed by atoms with Gasteiger partial charge >= 0.3 is 24.5 Å². The van der Waals surface area contributed by atoms with Gasteiger partial charge in [-0.05, 0) is 43.2 Å². The standard InChI is InChI=1S/C23H22ClF3N2O9/c1-13(20(30)34-3)36-21(31)14(2)38-28-11-15-4-6-16(7-5-15)12-35-22(29(32)33)37-19-9-8-17(10-18(19)24)23(25,26)27/h4-11,13-14,22H,12H2,1-3H3/b28-11+. The van der Waals surface area contributed by atoms with Crippen molar-refractivity contribution in [2.24, 2.45) is 5.16 Å². The fourth-order valence-corrected chi connectivity index (χ4v) is 2.82. The zero-order valence-electron chi connectivity index (χ0n) is 20.1. The monoisotopic (exact) mass is 562 g/mol. The molecule has 0 spiro atoms. The average Bonchev–Trinajstić information content (AvgIpc) is 2.86. The number of hydrogen-bond donors (Lipinski definition) is 0. The predicted octanol–water partition coefficient (Wildman–Crippen LogP) is 4.36.